The van der Waals surface area contributed by atoms with Crippen LogP contribution in [-0.2, 0) is 20.9 Å². The van der Waals surface area contributed by atoms with Crippen molar-refractivity contribution in [1.29, 1.82) is 5.26 Å². The number of nitriles is 1. The predicted octanol–water partition coefficient (Wildman–Crippen LogP) is -0.387. The van der Waals surface area contributed by atoms with Crippen molar-refractivity contribution < 1.29 is 18.7 Å². The Balaban J connectivity index is 1.84. The molecule has 0 saturated carbocycles. The lowest BCUT2D eigenvalue weighted by molar-refractivity contribution is -0.118. The van der Waals surface area contributed by atoms with Crippen LogP contribution in [0.2, 0.25) is 0 Å². The first-order chi connectivity index (χ1) is 17.4. The Morgan fingerprint density at radius 3 is 2.75 bits per heavy atom. The van der Waals surface area contributed by atoms with Crippen molar-refractivity contribution in [2.24, 2.45) is 0 Å². The molecular formula is C24H25FN6O4S. The molecule has 1 aromatic carbocycles. The monoisotopic (exact) mass is 512 g/mol. The summed E-state index contributed by atoms with van der Waals surface area (Å²) in [6.07, 6.45) is 6.56. The number of benzene rings is 1. The van der Waals surface area contributed by atoms with Gasteiger partial charge in [0.2, 0.25) is 5.91 Å². The van der Waals surface area contributed by atoms with Gasteiger partial charge in [-0.15, -0.1) is 17.8 Å². The first kappa shape index (κ1) is 26.6. The molecule has 0 aliphatic carbocycles. The first-order valence-electron chi connectivity index (χ1n) is 11.1. The van der Waals surface area contributed by atoms with E-state index in [1.165, 1.54) is 29.0 Å². The summed E-state index contributed by atoms with van der Waals surface area (Å²) in [5, 5.41) is 17.4. The van der Waals surface area contributed by atoms with Gasteiger partial charge in [0, 0.05) is 31.5 Å². The molecule has 3 N–H and O–H groups in total. The summed E-state index contributed by atoms with van der Waals surface area (Å²) in [6, 6.07) is 5.90. The molecule has 36 heavy (non-hydrogen) atoms. The molecule has 0 atom stereocenters. The number of carbonyl (C=O) groups is 2. The second-order valence-corrected chi connectivity index (χ2v) is 8.65. The zero-order chi connectivity index (χ0) is 26.1. The maximum Gasteiger partial charge on any atom is 0.270 e. The number of halogens is 1. The highest BCUT2D eigenvalue weighted by molar-refractivity contribution is 7.07. The average Bonchev–Trinajstić information content (AvgIpc) is 3.18. The predicted molar refractivity (Wildman–Crippen MR) is 135 cm³/mol. The van der Waals surface area contributed by atoms with E-state index in [2.05, 4.69) is 21.9 Å². The van der Waals surface area contributed by atoms with Crippen LogP contribution in [0.15, 0.2) is 23.0 Å². The van der Waals surface area contributed by atoms with Gasteiger partial charge in [0.15, 0.2) is 5.57 Å². The summed E-state index contributed by atoms with van der Waals surface area (Å²) in [7, 11) is 0. The van der Waals surface area contributed by atoms with Crippen LogP contribution < -0.4 is 30.7 Å². The number of carbonyl (C=O) groups excluding carboxylic acids is 2. The van der Waals surface area contributed by atoms with Gasteiger partial charge in [-0.25, -0.2) is 4.39 Å². The van der Waals surface area contributed by atoms with E-state index >= 15 is 0 Å². The van der Waals surface area contributed by atoms with E-state index in [1.807, 2.05) is 11.0 Å². The van der Waals surface area contributed by atoms with Crippen molar-refractivity contribution in [3.8, 4) is 18.4 Å². The number of hydrogen-bond acceptors (Lipinski definition) is 8. The second kappa shape index (κ2) is 12.7. The minimum Gasteiger partial charge on any atom is -0.379 e. The van der Waals surface area contributed by atoms with Crippen LogP contribution in [0.1, 0.15) is 6.92 Å². The van der Waals surface area contributed by atoms with Gasteiger partial charge in [0.1, 0.15) is 21.1 Å². The third kappa shape index (κ3) is 6.58. The lowest BCUT2D eigenvalue weighted by Crippen LogP contribution is -2.41. The molecule has 1 aromatic heterocycles. The molecule has 10 nitrogen and oxygen atoms in total. The molecule has 0 unspecified atom stereocenters. The van der Waals surface area contributed by atoms with Crippen molar-refractivity contribution in [3.63, 3.8) is 0 Å². The van der Waals surface area contributed by atoms with Crippen molar-refractivity contribution in [1.82, 2.24) is 14.8 Å². The van der Waals surface area contributed by atoms with Gasteiger partial charge in [-0.05, 0) is 25.1 Å². The highest BCUT2D eigenvalue weighted by Crippen LogP contribution is 2.19. The molecule has 1 aliphatic heterocycles. The van der Waals surface area contributed by atoms with Crippen LogP contribution in [0.4, 0.5) is 15.8 Å². The molecule has 3 rings (SSSR count). The van der Waals surface area contributed by atoms with Gasteiger partial charge in [-0.1, -0.05) is 5.92 Å². The molecule has 188 valence electrons. The number of nitrogens with one attached hydrogen (secondary N) is 3. The van der Waals surface area contributed by atoms with Crippen molar-refractivity contribution >= 4 is 46.3 Å². The standard InChI is InChI=1S/C24H25FN6O4S/c1-3-7-27-22(33)17(13-26)24-31(4-2)23(34)20(36-24)14-28-16-5-6-18(25)19(12-16)29-21(32)15-30-8-10-35-11-9-30/h1,5-6,12,14,28H,4,7-11,15H2,2H3,(H,27,33)(H,29,32). The minimum atomic E-state index is -0.672. The summed E-state index contributed by atoms with van der Waals surface area (Å²) in [6.45, 7) is 4.36. The van der Waals surface area contributed by atoms with Crippen LogP contribution in [0.3, 0.4) is 0 Å². The molecule has 12 heteroatoms. The molecule has 1 fully saturated rings. The van der Waals surface area contributed by atoms with E-state index in [1.54, 1.807) is 6.92 Å². The van der Waals surface area contributed by atoms with Crippen molar-refractivity contribution in [3.05, 3.63) is 43.6 Å². The van der Waals surface area contributed by atoms with E-state index in [-0.39, 0.29) is 46.0 Å². The topological polar surface area (TPSA) is 128 Å². The lowest BCUT2D eigenvalue weighted by atomic mass is 10.2. The molecule has 1 saturated heterocycles. The van der Waals surface area contributed by atoms with E-state index in [4.69, 9.17) is 11.2 Å². The molecule has 1 aliphatic rings. The molecule has 2 heterocycles. The number of hydrogen-bond donors (Lipinski definition) is 3. The fourth-order valence-corrected chi connectivity index (χ4v) is 4.51. The normalized spacial score (nSPS) is 14.9. The van der Waals surface area contributed by atoms with Crippen molar-refractivity contribution in [2.45, 2.75) is 13.5 Å². The summed E-state index contributed by atoms with van der Waals surface area (Å²) in [5.41, 5.74) is -0.203. The van der Waals surface area contributed by atoms with Crippen LogP contribution >= 0.6 is 11.3 Å². The average molecular weight is 513 g/mol. The Labute approximate surface area is 210 Å². The van der Waals surface area contributed by atoms with Gasteiger partial charge in [0.25, 0.3) is 11.5 Å². The zero-order valence-corrected chi connectivity index (χ0v) is 20.4. The highest BCUT2D eigenvalue weighted by Gasteiger charge is 2.16. The van der Waals surface area contributed by atoms with E-state index in [0.717, 1.165) is 11.3 Å². The number of morpholine rings is 1. The van der Waals surface area contributed by atoms with E-state index in [0.29, 0.717) is 32.0 Å². The molecule has 0 bridgehead atoms. The van der Waals surface area contributed by atoms with Gasteiger partial charge in [0.05, 0.1) is 32.0 Å². The van der Waals surface area contributed by atoms with Crippen LogP contribution in [0, 0.1) is 29.5 Å². The Bertz CT molecular complexity index is 1400. The summed E-state index contributed by atoms with van der Waals surface area (Å²) >= 11 is 0.963. The van der Waals surface area contributed by atoms with E-state index in [9.17, 15) is 24.0 Å². The van der Waals surface area contributed by atoms with Gasteiger partial charge < -0.3 is 20.7 Å². The minimum absolute atomic E-state index is 0.00483. The van der Waals surface area contributed by atoms with Gasteiger partial charge in [-0.3, -0.25) is 23.9 Å². The van der Waals surface area contributed by atoms with Gasteiger partial charge in [-0.2, -0.15) is 5.26 Å². The summed E-state index contributed by atoms with van der Waals surface area (Å²) in [5.74, 6) is 0.629. The number of amides is 2. The van der Waals surface area contributed by atoms with Gasteiger partial charge >= 0.3 is 0 Å². The number of ether oxygens (including phenoxy) is 1. The number of rotatable bonds is 8. The van der Waals surface area contributed by atoms with Crippen LogP contribution in [-0.4, -0.2) is 60.7 Å². The first-order valence-corrected chi connectivity index (χ1v) is 11.9. The Kier molecular flexibility index (Phi) is 9.36. The molecule has 2 amide bonds. The largest absolute Gasteiger partial charge is 0.379 e. The maximum absolute atomic E-state index is 14.3. The molecule has 0 spiro atoms. The third-order valence-corrected chi connectivity index (χ3v) is 6.34. The zero-order valence-electron chi connectivity index (χ0n) is 19.6. The number of thiazole rings is 1. The van der Waals surface area contributed by atoms with Crippen LogP contribution in [0.5, 0.6) is 0 Å². The second-order valence-electron chi connectivity index (χ2n) is 7.61. The molecular weight excluding hydrogens is 487 g/mol. The van der Waals surface area contributed by atoms with Crippen molar-refractivity contribution in [2.75, 3.05) is 50.0 Å². The highest BCUT2D eigenvalue weighted by atomic mass is 32.1. The third-order valence-electron chi connectivity index (χ3n) is 5.21. The number of aromatic nitrogens is 1. The van der Waals surface area contributed by atoms with E-state index < -0.39 is 17.3 Å². The number of anilines is 2. The Morgan fingerprint density at radius 1 is 1.33 bits per heavy atom. The fourth-order valence-electron chi connectivity index (χ4n) is 3.42. The maximum atomic E-state index is 14.3. The molecule has 0 radical (unpaired) electrons. The molecule has 2 aromatic rings. The summed E-state index contributed by atoms with van der Waals surface area (Å²) in [4.78, 5) is 39.4. The van der Waals surface area contributed by atoms with Crippen LogP contribution in [0.25, 0.3) is 11.8 Å². The number of terminal acetylenes is 1. The SMILES string of the molecule is C#CCNC(=O)C(C#N)=c1sc(=CNc2ccc(F)c(NC(=O)CN3CCOCC3)c2)c(=O)n1CC. The lowest BCUT2D eigenvalue weighted by Gasteiger charge is -2.25. The number of nitrogens with zero attached hydrogens (tertiary/aromatic N) is 3. The quantitative estimate of drug-likeness (QED) is 0.411. The Hall–Kier alpha value is -3.97. The smallest absolute Gasteiger partial charge is 0.270 e. The summed E-state index contributed by atoms with van der Waals surface area (Å²) < 4.78 is 21.3. The Morgan fingerprint density at radius 2 is 2.08 bits per heavy atom. The fraction of sp³-hybridized carbons (Fsp3) is 0.333.